The third-order valence-electron chi connectivity index (χ3n) is 4.72. The highest BCUT2D eigenvalue weighted by atomic mass is 35.5. The molecule has 0 bridgehead atoms. The number of furan rings is 1. The molecule has 0 atom stereocenters. The molecule has 31 heavy (non-hydrogen) atoms. The molecular weight excluding hydrogens is 420 g/mol. The number of nitrogens with one attached hydrogen (secondary N) is 2. The standard InChI is InChI=1S/C22H19ClN4O4/c1-10-7-15(12(3)30-10)19-9-16(20-11(2)27-31-22(20)26-19)21(29)25-18-6-5-14(8-17(18)23)24-13(4)28/h5-9H,1-4H3,(H,24,28)(H,25,29). The zero-order valence-corrected chi connectivity index (χ0v) is 18.0. The molecule has 0 saturated carbocycles. The van der Waals surface area contributed by atoms with E-state index in [9.17, 15) is 9.59 Å². The van der Waals surface area contributed by atoms with Crippen molar-refractivity contribution in [2.45, 2.75) is 27.7 Å². The number of hydrogen-bond acceptors (Lipinski definition) is 6. The Kier molecular flexibility index (Phi) is 5.24. The average molecular weight is 439 g/mol. The summed E-state index contributed by atoms with van der Waals surface area (Å²) in [6, 6.07) is 8.37. The summed E-state index contributed by atoms with van der Waals surface area (Å²) in [7, 11) is 0. The Bertz CT molecular complexity index is 1340. The molecule has 1 aromatic carbocycles. The first kappa shape index (κ1) is 20.6. The fourth-order valence-electron chi connectivity index (χ4n) is 3.38. The predicted molar refractivity (Wildman–Crippen MR) is 117 cm³/mol. The highest BCUT2D eigenvalue weighted by molar-refractivity contribution is 6.34. The Morgan fingerprint density at radius 1 is 1.06 bits per heavy atom. The fourth-order valence-corrected chi connectivity index (χ4v) is 3.61. The van der Waals surface area contributed by atoms with Gasteiger partial charge in [-0.2, -0.15) is 0 Å². The number of benzene rings is 1. The SMILES string of the molecule is CC(=O)Nc1ccc(NC(=O)c2cc(-c3cc(C)oc3C)nc3onc(C)c23)c(Cl)c1. The topological polar surface area (TPSA) is 110 Å². The molecule has 0 unspecified atom stereocenters. The van der Waals surface area contributed by atoms with E-state index >= 15 is 0 Å². The monoisotopic (exact) mass is 438 g/mol. The van der Waals surface area contributed by atoms with Crippen molar-refractivity contribution in [3.63, 3.8) is 0 Å². The van der Waals surface area contributed by atoms with Crippen LogP contribution in [0.15, 0.2) is 39.3 Å². The second-order valence-electron chi connectivity index (χ2n) is 7.16. The molecule has 0 aliphatic heterocycles. The normalized spacial score (nSPS) is 11.0. The van der Waals surface area contributed by atoms with Crippen LogP contribution < -0.4 is 10.6 Å². The van der Waals surface area contributed by atoms with E-state index in [2.05, 4.69) is 20.8 Å². The third-order valence-corrected chi connectivity index (χ3v) is 5.03. The summed E-state index contributed by atoms with van der Waals surface area (Å²) in [4.78, 5) is 28.9. The molecule has 0 spiro atoms. The van der Waals surface area contributed by atoms with Crippen molar-refractivity contribution < 1.29 is 18.5 Å². The van der Waals surface area contributed by atoms with E-state index in [1.807, 2.05) is 19.9 Å². The van der Waals surface area contributed by atoms with Gasteiger partial charge in [0.05, 0.1) is 33.0 Å². The lowest BCUT2D eigenvalue weighted by molar-refractivity contribution is -0.114. The van der Waals surface area contributed by atoms with Crippen LogP contribution in [0.25, 0.3) is 22.4 Å². The molecule has 0 saturated heterocycles. The molecule has 9 heteroatoms. The van der Waals surface area contributed by atoms with Gasteiger partial charge in [-0.1, -0.05) is 16.8 Å². The summed E-state index contributed by atoms with van der Waals surface area (Å²) < 4.78 is 10.9. The molecule has 3 heterocycles. The second-order valence-corrected chi connectivity index (χ2v) is 7.57. The molecule has 4 rings (SSSR count). The summed E-state index contributed by atoms with van der Waals surface area (Å²) in [6.07, 6.45) is 0. The van der Waals surface area contributed by atoms with E-state index < -0.39 is 5.91 Å². The summed E-state index contributed by atoms with van der Waals surface area (Å²) in [5, 5.41) is 10.2. The Morgan fingerprint density at radius 3 is 2.48 bits per heavy atom. The molecule has 0 aliphatic rings. The van der Waals surface area contributed by atoms with Crippen molar-refractivity contribution in [3.05, 3.63) is 58.1 Å². The van der Waals surface area contributed by atoms with Crippen molar-refractivity contribution in [1.29, 1.82) is 0 Å². The van der Waals surface area contributed by atoms with Gasteiger partial charge in [0, 0.05) is 18.2 Å². The molecule has 4 aromatic rings. The third kappa shape index (κ3) is 4.02. The minimum atomic E-state index is -0.396. The molecule has 2 amide bonds. The Hall–Kier alpha value is -3.65. The molecule has 158 valence electrons. The minimum Gasteiger partial charge on any atom is -0.466 e. The number of aromatic nitrogens is 2. The van der Waals surface area contributed by atoms with E-state index in [1.54, 1.807) is 31.2 Å². The number of carbonyl (C=O) groups excluding carboxylic acids is 2. The smallest absolute Gasteiger partial charge is 0.259 e. The van der Waals surface area contributed by atoms with Gasteiger partial charge in [0.2, 0.25) is 5.91 Å². The van der Waals surface area contributed by atoms with E-state index in [4.69, 9.17) is 20.5 Å². The van der Waals surface area contributed by atoms with Crippen LogP contribution in [-0.2, 0) is 4.79 Å². The average Bonchev–Trinajstić information content (AvgIpc) is 3.24. The first-order chi connectivity index (χ1) is 14.7. The summed E-state index contributed by atoms with van der Waals surface area (Å²) in [5.41, 5.74) is 3.38. The lowest BCUT2D eigenvalue weighted by atomic mass is 10.1. The number of amides is 2. The number of nitrogens with zero attached hydrogens (tertiary/aromatic N) is 2. The summed E-state index contributed by atoms with van der Waals surface area (Å²) >= 11 is 6.30. The molecule has 2 N–H and O–H groups in total. The first-order valence-electron chi connectivity index (χ1n) is 9.46. The largest absolute Gasteiger partial charge is 0.466 e. The number of fused-ring (bicyclic) bond motifs is 1. The number of halogens is 1. The highest BCUT2D eigenvalue weighted by Gasteiger charge is 2.21. The first-order valence-corrected chi connectivity index (χ1v) is 9.83. The maximum Gasteiger partial charge on any atom is 0.259 e. The molecule has 0 radical (unpaired) electrons. The Morgan fingerprint density at radius 2 is 1.84 bits per heavy atom. The summed E-state index contributed by atoms with van der Waals surface area (Å²) in [6.45, 7) is 6.82. The molecule has 8 nitrogen and oxygen atoms in total. The van der Waals surface area contributed by atoms with Gasteiger partial charge in [0.1, 0.15) is 11.5 Å². The molecule has 0 aliphatic carbocycles. The van der Waals surface area contributed by atoms with Gasteiger partial charge < -0.3 is 19.6 Å². The number of carbonyl (C=O) groups is 2. The lowest BCUT2D eigenvalue weighted by Gasteiger charge is -2.11. The van der Waals surface area contributed by atoms with Gasteiger partial charge in [-0.3, -0.25) is 9.59 Å². The molecule has 0 fully saturated rings. The number of pyridine rings is 1. The van der Waals surface area contributed by atoms with Gasteiger partial charge in [-0.05, 0) is 51.1 Å². The predicted octanol–water partition coefficient (Wildman–Crippen LogP) is 5.27. The van der Waals surface area contributed by atoms with E-state index in [-0.39, 0.29) is 16.6 Å². The van der Waals surface area contributed by atoms with Gasteiger partial charge in [0.15, 0.2) is 0 Å². The maximum absolute atomic E-state index is 13.2. The van der Waals surface area contributed by atoms with E-state index in [0.29, 0.717) is 39.5 Å². The van der Waals surface area contributed by atoms with E-state index in [0.717, 1.165) is 11.3 Å². The van der Waals surface area contributed by atoms with Crippen LogP contribution in [0.4, 0.5) is 11.4 Å². The number of hydrogen-bond donors (Lipinski definition) is 2. The van der Waals surface area contributed by atoms with Gasteiger partial charge in [-0.25, -0.2) is 4.98 Å². The van der Waals surface area contributed by atoms with Crippen LogP contribution in [0.1, 0.15) is 34.5 Å². The Labute approximate surface area is 182 Å². The van der Waals surface area contributed by atoms with Crippen LogP contribution in [0.2, 0.25) is 5.02 Å². The molecule has 3 aromatic heterocycles. The zero-order chi connectivity index (χ0) is 22.3. The fraction of sp³-hybridized carbons (Fsp3) is 0.182. The van der Waals surface area contributed by atoms with Gasteiger partial charge >= 0.3 is 0 Å². The van der Waals surface area contributed by atoms with Gasteiger partial charge in [-0.15, -0.1) is 0 Å². The van der Waals surface area contributed by atoms with Crippen molar-refractivity contribution in [1.82, 2.24) is 10.1 Å². The maximum atomic E-state index is 13.2. The highest BCUT2D eigenvalue weighted by Crippen LogP contribution is 2.32. The van der Waals surface area contributed by atoms with Gasteiger partial charge in [0.25, 0.3) is 11.6 Å². The van der Waals surface area contributed by atoms with Crippen LogP contribution in [-0.4, -0.2) is 22.0 Å². The zero-order valence-electron chi connectivity index (χ0n) is 17.3. The number of rotatable bonds is 4. The second kappa shape index (κ2) is 7.88. The van der Waals surface area contributed by atoms with Crippen LogP contribution >= 0.6 is 11.6 Å². The quantitative estimate of drug-likeness (QED) is 0.449. The summed E-state index contributed by atoms with van der Waals surface area (Å²) in [5.74, 6) is 0.808. The van der Waals surface area contributed by atoms with Crippen molar-refractivity contribution in [2.75, 3.05) is 10.6 Å². The van der Waals surface area contributed by atoms with E-state index in [1.165, 1.54) is 6.92 Å². The number of anilines is 2. The molecular formula is C22H19ClN4O4. The minimum absolute atomic E-state index is 0.215. The van der Waals surface area contributed by atoms with Crippen LogP contribution in [0.5, 0.6) is 0 Å². The van der Waals surface area contributed by atoms with Crippen LogP contribution in [0, 0.1) is 20.8 Å². The lowest BCUT2D eigenvalue weighted by Crippen LogP contribution is -2.14. The van der Waals surface area contributed by atoms with Crippen LogP contribution in [0.3, 0.4) is 0 Å². The van der Waals surface area contributed by atoms with Crippen molar-refractivity contribution >= 4 is 45.9 Å². The van der Waals surface area contributed by atoms with Crippen molar-refractivity contribution in [2.24, 2.45) is 0 Å². The number of aryl methyl sites for hydroxylation is 3. The Balaban J connectivity index is 1.75. The van der Waals surface area contributed by atoms with Crippen molar-refractivity contribution in [3.8, 4) is 11.3 Å².